The van der Waals surface area contributed by atoms with Crippen molar-refractivity contribution in [2.24, 2.45) is 5.92 Å². The van der Waals surface area contributed by atoms with Gasteiger partial charge in [0.05, 0.1) is 6.10 Å². The van der Waals surface area contributed by atoms with Gasteiger partial charge in [0.2, 0.25) is 5.95 Å². The van der Waals surface area contributed by atoms with E-state index < -0.39 is 0 Å². The van der Waals surface area contributed by atoms with Gasteiger partial charge >= 0.3 is 0 Å². The van der Waals surface area contributed by atoms with Gasteiger partial charge in [-0.1, -0.05) is 26.7 Å². The molecule has 0 aliphatic heterocycles. The van der Waals surface area contributed by atoms with Gasteiger partial charge in [-0.3, -0.25) is 0 Å². The van der Waals surface area contributed by atoms with Crippen LogP contribution in [0.25, 0.3) is 0 Å². The predicted octanol–water partition coefficient (Wildman–Crippen LogP) is 2.43. The van der Waals surface area contributed by atoms with Gasteiger partial charge < -0.3 is 15.7 Å². The highest BCUT2D eigenvalue weighted by molar-refractivity contribution is 5.42. The van der Waals surface area contributed by atoms with E-state index in [1.54, 1.807) is 0 Å². The number of anilines is 2. The molecule has 1 rings (SSSR count). The average molecular weight is 266 g/mol. The maximum atomic E-state index is 10.1. The Hall–Kier alpha value is -1.36. The molecule has 1 heterocycles. The van der Waals surface area contributed by atoms with E-state index >= 15 is 0 Å². The molecule has 0 radical (unpaired) electrons. The SMILES string of the molecule is CCNc1nc(C)cc(NCC(O)C(CC)CC)n1. The van der Waals surface area contributed by atoms with Gasteiger partial charge in [-0.2, -0.15) is 4.98 Å². The minimum Gasteiger partial charge on any atom is -0.391 e. The van der Waals surface area contributed by atoms with Crippen LogP contribution in [0.5, 0.6) is 0 Å². The van der Waals surface area contributed by atoms with E-state index in [1.165, 1.54) is 0 Å². The lowest BCUT2D eigenvalue weighted by atomic mass is 9.97. The average Bonchev–Trinajstić information content (AvgIpc) is 2.37. The molecule has 1 unspecified atom stereocenters. The Morgan fingerprint density at radius 3 is 2.42 bits per heavy atom. The van der Waals surface area contributed by atoms with Gasteiger partial charge in [-0.05, 0) is 19.8 Å². The van der Waals surface area contributed by atoms with Gasteiger partial charge in [0.25, 0.3) is 0 Å². The summed E-state index contributed by atoms with van der Waals surface area (Å²) in [6.45, 7) is 9.47. The van der Waals surface area contributed by atoms with Gasteiger partial charge in [-0.25, -0.2) is 4.98 Å². The minimum absolute atomic E-state index is 0.337. The Bertz CT molecular complexity index is 380. The van der Waals surface area contributed by atoms with Gasteiger partial charge in [0, 0.05) is 24.8 Å². The van der Waals surface area contributed by atoms with Gasteiger partial charge in [-0.15, -0.1) is 0 Å². The van der Waals surface area contributed by atoms with Crippen molar-refractivity contribution in [1.29, 1.82) is 0 Å². The molecule has 0 amide bonds. The first-order chi connectivity index (χ1) is 9.10. The number of aromatic nitrogens is 2. The van der Waals surface area contributed by atoms with Crippen molar-refractivity contribution in [2.45, 2.75) is 46.6 Å². The normalized spacial score (nSPS) is 12.5. The highest BCUT2D eigenvalue weighted by atomic mass is 16.3. The molecule has 108 valence electrons. The lowest BCUT2D eigenvalue weighted by Crippen LogP contribution is -2.28. The first-order valence-corrected chi connectivity index (χ1v) is 7.12. The fourth-order valence-corrected chi connectivity index (χ4v) is 2.10. The maximum Gasteiger partial charge on any atom is 0.224 e. The van der Waals surface area contributed by atoms with Crippen LogP contribution in [0.1, 0.15) is 39.3 Å². The number of aryl methyl sites for hydroxylation is 1. The van der Waals surface area contributed by atoms with E-state index in [1.807, 2.05) is 19.9 Å². The van der Waals surface area contributed by atoms with Crippen LogP contribution in [0.2, 0.25) is 0 Å². The topological polar surface area (TPSA) is 70.1 Å². The number of hydrogen-bond acceptors (Lipinski definition) is 5. The Kier molecular flexibility index (Phi) is 6.56. The van der Waals surface area contributed by atoms with E-state index in [2.05, 4.69) is 34.4 Å². The molecule has 1 atom stereocenters. The zero-order chi connectivity index (χ0) is 14.3. The third-order valence-corrected chi connectivity index (χ3v) is 3.27. The van der Waals surface area contributed by atoms with Gasteiger partial charge in [0.1, 0.15) is 5.82 Å². The molecule has 5 nitrogen and oxygen atoms in total. The number of nitrogens with zero attached hydrogens (tertiary/aromatic N) is 2. The Balaban J connectivity index is 2.61. The van der Waals surface area contributed by atoms with Gasteiger partial charge in [0.15, 0.2) is 0 Å². The van der Waals surface area contributed by atoms with E-state index in [-0.39, 0.29) is 6.10 Å². The fourth-order valence-electron chi connectivity index (χ4n) is 2.10. The van der Waals surface area contributed by atoms with Crippen LogP contribution >= 0.6 is 0 Å². The van der Waals surface area contributed by atoms with Crippen LogP contribution in [0.4, 0.5) is 11.8 Å². The highest BCUT2D eigenvalue weighted by Gasteiger charge is 2.15. The van der Waals surface area contributed by atoms with Crippen molar-refractivity contribution >= 4 is 11.8 Å². The Morgan fingerprint density at radius 1 is 1.16 bits per heavy atom. The van der Waals surface area contributed by atoms with E-state index in [0.717, 1.165) is 30.9 Å². The largest absolute Gasteiger partial charge is 0.391 e. The molecule has 1 aromatic heterocycles. The molecule has 0 aliphatic carbocycles. The summed E-state index contributed by atoms with van der Waals surface area (Å²) in [5.41, 5.74) is 0.908. The quantitative estimate of drug-likeness (QED) is 0.674. The van der Waals surface area contributed by atoms with Crippen LogP contribution in [0.3, 0.4) is 0 Å². The Morgan fingerprint density at radius 2 is 1.84 bits per heavy atom. The first kappa shape index (κ1) is 15.7. The number of aliphatic hydroxyl groups excluding tert-OH is 1. The summed E-state index contributed by atoms with van der Waals surface area (Å²) in [5, 5.41) is 16.4. The molecule has 1 aromatic rings. The molecule has 0 saturated heterocycles. The fraction of sp³-hybridized carbons (Fsp3) is 0.714. The number of aliphatic hydroxyl groups is 1. The molecule has 19 heavy (non-hydrogen) atoms. The second-order valence-corrected chi connectivity index (χ2v) is 4.77. The summed E-state index contributed by atoms with van der Waals surface area (Å²) in [4.78, 5) is 8.66. The van der Waals surface area contributed by atoms with Crippen molar-refractivity contribution in [3.8, 4) is 0 Å². The molecule has 3 N–H and O–H groups in total. The molecular weight excluding hydrogens is 240 g/mol. The summed E-state index contributed by atoms with van der Waals surface area (Å²) < 4.78 is 0. The summed E-state index contributed by atoms with van der Waals surface area (Å²) in [6, 6.07) is 1.89. The molecule has 0 saturated carbocycles. The summed E-state index contributed by atoms with van der Waals surface area (Å²) >= 11 is 0. The Labute approximate surface area is 115 Å². The van der Waals surface area contributed by atoms with Crippen LogP contribution < -0.4 is 10.6 Å². The first-order valence-electron chi connectivity index (χ1n) is 7.12. The zero-order valence-electron chi connectivity index (χ0n) is 12.4. The van der Waals surface area contributed by atoms with Crippen molar-refractivity contribution in [3.63, 3.8) is 0 Å². The number of hydrogen-bond donors (Lipinski definition) is 3. The predicted molar refractivity (Wildman–Crippen MR) is 79.5 cm³/mol. The second kappa shape index (κ2) is 7.94. The smallest absolute Gasteiger partial charge is 0.224 e. The molecule has 0 bridgehead atoms. The molecule has 0 fully saturated rings. The van der Waals surface area contributed by atoms with Crippen molar-refractivity contribution in [3.05, 3.63) is 11.8 Å². The lowest BCUT2D eigenvalue weighted by molar-refractivity contribution is 0.114. The second-order valence-electron chi connectivity index (χ2n) is 4.77. The molecule has 0 spiro atoms. The highest BCUT2D eigenvalue weighted by Crippen LogP contribution is 2.15. The summed E-state index contributed by atoms with van der Waals surface area (Å²) in [5.74, 6) is 1.72. The molecular formula is C14H26N4O. The molecule has 5 heteroatoms. The van der Waals surface area contributed by atoms with Crippen LogP contribution in [0.15, 0.2) is 6.07 Å². The number of nitrogens with one attached hydrogen (secondary N) is 2. The van der Waals surface area contributed by atoms with Crippen LogP contribution in [0, 0.1) is 12.8 Å². The van der Waals surface area contributed by atoms with Crippen molar-refractivity contribution < 1.29 is 5.11 Å². The molecule has 0 aromatic carbocycles. The number of rotatable bonds is 8. The monoisotopic (exact) mass is 266 g/mol. The van der Waals surface area contributed by atoms with Crippen molar-refractivity contribution in [2.75, 3.05) is 23.7 Å². The van der Waals surface area contributed by atoms with Crippen LogP contribution in [-0.4, -0.2) is 34.3 Å². The molecule has 0 aliphatic rings. The van der Waals surface area contributed by atoms with E-state index in [4.69, 9.17) is 0 Å². The van der Waals surface area contributed by atoms with E-state index in [9.17, 15) is 5.11 Å². The summed E-state index contributed by atoms with van der Waals surface area (Å²) in [7, 11) is 0. The minimum atomic E-state index is -0.340. The third kappa shape index (κ3) is 5.03. The zero-order valence-corrected chi connectivity index (χ0v) is 12.4. The maximum absolute atomic E-state index is 10.1. The summed E-state index contributed by atoms with van der Waals surface area (Å²) in [6.07, 6.45) is 1.64. The lowest BCUT2D eigenvalue weighted by Gasteiger charge is -2.20. The van der Waals surface area contributed by atoms with Crippen LogP contribution in [-0.2, 0) is 0 Å². The van der Waals surface area contributed by atoms with E-state index in [0.29, 0.717) is 18.4 Å². The third-order valence-electron chi connectivity index (χ3n) is 3.27. The van der Waals surface area contributed by atoms with Crippen molar-refractivity contribution in [1.82, 2.24) is 9.97 Å². The standard InChI is InChI=1S/C14H26N4O/c1-5-11(6-2)12(19)9-16-13-8-10(4)17-14(18-13)15-7-3/h8,11-12,19H,5-7,9H2,1-4H3,(H2,15,16,17,18).